The highest BCUT2D eigenvalue weighted by molar-refractivity contribution is 5.95. The molecule has 0 aliphatic carbocycles. The zero-order valence-corrected chi connectivity index (χ0v) is 16.9. The molecule has 5 aromatic rings. The minimum atomic E-state index is 0.288. The normalized spacial score (nSPS) is 11.1. The molecule has 0 spiro atoms. The fraction of sp³-hybridized carbons (Fsp3) is 0.0714. The second-order valence-electron chi connectivity index (χ2n) is 7.69. The van der Waals surface area contributed by atoms with E-state index in [0.29, 0.717) is 0 Å². The summed E-state index contributed by atoms with van der Waals surface area (Å²) in [6.45, 7) is 0. The van der Waals surface area contributed by atoms with Crippen LogP contribution >= 0.6 is 0 Å². The van der Waals surface area contributed by atoms with E-state index in [9.17, 15) is 5.11 Å². The zero-order chi connectivity index (χ0) is 20.5. The molecule has 146 valence electrons. The molecule has 2 nitrogen and oxygen atoms in total. The first-order chi connectivity index (χ1) is 14.7. The number of phenolic OH excluding ortho intramolecular Hbond substituents is 1. The molecule has 5 rings (SSSR count). The van der Waals surface area contributed by atoms with Gasteiger partial charge in [0.1, 0.15) is 5.75 Å². The third-order valence-corrected chi connectivity index (χ3v) is 5.78. The molecular weight excluding hydrogens is 366 g/mol. The van der Waals surface area contributed by atoms with Gasteiger partial charge >= 0.3 is 0 Å². The fourth-order valence-corrected chi connectivity index (χ4v) is 4.30. The summed E-state index contributed by atoms with van der Waals surface area (Å²) in [6.07, 6.45) is 0.876. The zero-order valence-electron chi connectivity index (χ0n) is 16.9. The molecule has 0 saturated heterocycles. The average molecular weight is 389 g/mol. The molecule has 0 bridgehead atoms. The van der Waals surface area contributed by atoms with Gasteiger partial charge in [-0.25, -0.2) is 0 Å². The topological polar surface area (TPSA) is 25.2 Å². The van der Waals surface area contributed by atoms with Gasteiger partial charge in [-0.3, -0.25) is 0 Å². The quantitative estimate of drug-likeness (QED) is 0.359. The molecule has 0 aliphatic rings. The van der Waals surface area contributed by atoms with Gasteiger partial charge < -0.3 is 9.67 Å². The maximum Gasteiger partial charge on any atom is 0.115 e. The van der Waals surface area contributed by atoms with Crippen molar-refractivity contribution < 1.29 is 5.11 Å². The Morgan fingerprint density at radius 2 is 1.30 bits per heavy atom. The van der Waals surface area contributed by atoms with E-state index in [1.54, 1.807) is 12.1 Å². The number of aromatic hydroxyl groups is 1. The summed E-state index contributed by atoms with van der Waals surface area (Å²) in [5, 5.41) is 10.9. The summed E-state index contributed by atoms with van der Waals surface area (Å²) in [5.74, 6) is 0.288. The summed E-state index contributed by atoms with van der Waals surface area (Å²) in [5.41, 5.74) is 8.61. The van der Waals surface area contributed by atoms with Gasteiger partial charge in [-0.2, -0.15) is 0 Å². The molecule has 1 aromatic heterocycles. The van der Waals surface area contributed by atoms with Crippen LogP contribution in [0.5, 0.6) is 5.75 Å². The first-order valence-electron chi connectivity index (χ1n) is 10.2. The molecule has 0 fully saturated rings. The summed E-state index contributed by atoms with van der Waals surface area (Å²) < 4.78 is 2.31. The van der Waals surface area contributed by atoms with Crippen LogP contribution < -0.4 is 0 Å². The van der Waals surface area contributed by atoms with E-state index in [-0.39, 0.29) is 5.75 Å². The minimum Gasteiger partial charge on any atom is -0.508 e. The first kappa shape index (κ1) is 18.3. The Morgan fingerprint density at radius 3 is 2.00 bits per heavy atom. The Labute approximate surface area is 176 Å². The van der Waals surface area contributed by atoms with E-state index in [2.05, 4.69) is 90.5 Å². The molecule has 4 aromatic carbocycles. The molecule has 1 N–H and O–H groups in total. The van der Waals surface area contributed by atoms with Crippen molar-refractivity contribution in [3.63, 3.8) is 0 Å². The summed E-state index contributed by atoms with van der Waals surface area (Å²) in [7, 11) is 2.15. The number of hydrogen-bond donors (Lipinski definition) is 1. The van der Waals surface area contributed by atoms with Gasteiger partial charge in [0, 0.05) is 24.4 Å². The van der Waals surface area contributed by atoms with Crippen LogP contribution in [-0.2, 0) is 13.5 Å². The highest BCUT2D eigenvalue weighted by Gasteiger charge is 2.17. The highest BCUT2D eigenvalue weighted by atomic mass is 16.3. The number of rotatable bonds is 4. The Bertz CT molecular complexity index is 1300. The van der Waals surface area contributed by atoms with E-state index < -0.39 is 0 Å². The van der Waals surface area contributed by atoms with Crippen molar-refractivity contribution in [1.82, 2.24) is 4.57 Å². The molecule has 0 atom stereocenters. The fourth-order valence-electron chi connectivity index (χ4n) is 4.30. The van der Waals surface area contributed by atoms with Gasteiger partial charge in [-0.05, 0) is 52.1 Å². The Balaban J connectivity index is 1.74. The van der Waals surface area contributed by atoms with Crippen LogP contribution in [0.25, 0.3) is 33.3 Å². The molecule has 1 heterocycles. The van der Waals surface area contributed by atoms with Gasteiger partial charge in [0.05, 0.1) is 5.69 Å². The van der Waals surface area contributed by atoms with Crippen molar-refractivity contribution >= 4 is 10.9 Å². The van der Waals surface area contributed by atoms with E-state index in [1.807, 2.05) is 12.1 Å². The maximum atomic E-state index is 9.65. The van der Waals surface area contributed by atoms with E-state index in [4.69, 9.17) is 0 Å². The first-order valence-corrected chi connectivity index (χ1v) is 10.2. The number of fused-ring (bicyclic) bond motifs is 1. The summed E-state index contributed by atoms with van der Waals surface area (Å²) >= 11 is 0. The van der Waals surface area contributed by atoms with Crippen molar-refractivity contribution in [3.8, 4) is 28.1 Å². The Hall–Kier alpha value is -3.78. The molecular formula is C28H23NO. The molecule has 0 unspecified atom stereocenters. The largest absolute Gasteiger partial charge is 0.508 e. The molecule has 0 amide bonds. The van der Waals surface area contributed by atoms with Crippen LogP contribution in [0.3, 0.4) is 0 Å². The lowest BCUT2D eigenvalue weighted by molar-refractivity contribution is 0.475. The maximum absolute atomic E-state index is 9.65. The van der Waals surface area contributed by atoms with Crippen molar-refractivity contribution in [2.75, 3.05) is 0 Å². The van der Waals surface area contributed by atoms with Gasteiger partial charge in [0.15, 0.2) is 0 Å². The number of aryl methyl sites for hydroxylation is 1. The monoisotopic (exact) mass is 389 g/mol. The highest BCUT2D eigenvalue weighted by Crippen LogP contribution is 2.37. The van der Waals surface area contributed by atoms with Crippen molar-refractivity contribution in [3.05, 3.63) is 114 Å². The molecule has 30 heavy (non-hydrogen) atoms. The lowest BCUT2D eigenvalue weighted by Crippen LogP contribution is -1.95. The van der Waals surface area contributed by atoms with Gasteiger partial charge in [0.25, 0.3) is 0 Å². The van der Waals surface area contributed by atoms with Gasteiger partial charge in [0.2, 0.25) is 0 Å². The Morgan fingerprint density at radius 1 is 0.667 bits per heavy atom. The lowest BCUT2D eigenvalue weighted by atomic mass is 9.96. The van der Waals surface area contributed by atoms with E-state index >= 15 is 0 Å². The van der Waals surface area contributed by atoms with Crippen LogP contribution in [0.15, 0.2) is 103 Å². The molecule has 2 heteroatoms. The second kappa shape index (κ2) is 7.57. The predicted molar refractivity (Wildman–Crippen MR) is 125 cm³/mol. The van der Waals surface area contributed by atoms with E-state index in [0.717, 1.165) is 17.5 Å². The second-order valence-corrected chi connectivity index (χ2v) is 7.69. The number of phenols is 1. The van der Waals surface area contributed by atoms with Gasteiger partial charge in [-0.1, -0.05) is 78.9 Å². The molecule has 0 aliphatic heterocycles. The van der Waals surface area contributed by atoms with Crippen molar-refractivity contribution in [2.24, 2.45) is 7.05 Å². The summed E-state index contributed by atoms with van der Waals surface area (Å²) in [4.78, 5) is 0. The third-order valence-electron chi connectivity index (χ3n) is 5.78. The standard InChI is InChI=1S/C28H23NO/c1-29-27-17-14-23(21-12-15-24(30)16-13-21)19-25(27)26(18-20-8-4-2-5-9-20)28(29)22-10-6-3-7-11-22/h2-17,19,30H,18H2,1H3. The smallest absolute Gasteiger partial charge is 0.115 e. The minimum absolute atomic E-state index is 0.288. The van der Waals surface area contributed by atoms with Crippen LogP contribution in [0, 0.1) is 0 Å². The lowest BCUT2D eigenvalue weighted by Gasteiger charge is -2.09. The molecule has 0 saturated carbocycles. The summed E-state index contributed by atoms with van der Waals surface area (Å²) in [6, 6.07) is 35.3. The number of aromatic nitrogens is 1. The van der Waals surface area contributed by atoms with E-state index in [1.165, 1.54) is 33.3 Å². The third kappa shape index (κ3) is 3.27. The number of benzene rings is 4. The Kier molecular flexibility index (Phi) is 4.61. The predicted octanol–water partition coefficient (Wildman–Crippen LogP) is 6.81. The van der Waals surface area contributed by atoms with Gasteiger partial charge in [-0.15, -0.1) is 0 Å². The SMILES string of the molecule is Cn1c(-c2ccccc2)c(Cc2ccccc2)c2cc(-c3ccc(O)cc3)ccc21. The average Bonchev–Trinajstić information content (AvgIpc) is 3.06. The van der Waals surface area contributed by atoms with Crippen LogP contribution in [0.1, 0.15) is 11.1 Å². The van der Waals surface area contributed by atoms with Crippen LogP contribution in [0.4, 0.5) is 0 Å². The van der Waals surface area contributed by atoms with Crippen LogP contribution in [0.2, 0.25) is 0 Å². The van der Waals surface area contributed by atoms with Crippen LogP contribution in [-0.4, -0.2) is 9.67 Å². The number of nitrogens with zero attached hydrogens (tertiary/aromatic N) is 1. The number of hydrogen-bond acceptors (Lipinski definition) is 1. The van der Waals surface area contributed by atoms with Crippen molar-refractivity contribution in [1.29, 1.82) is 0 Å². The molecule has 0 radical (unpaired) electrons. The van der Waals surface area contributed by atoms with Crippen molar-refractivity contribution in [2.45, 2.75) is 6.42 Å².